The van der Waals surface area contributed by atoms with E-state index in [1.165, 1.54) is 5.56 Å². The van der Waals surface area contributed by atoms with Crippen LogP contribution < -0.4 is 4.57 Å². The first-order valence-corrected chi connectivity index (χ1v) is 7.18. The van der Waals surface area contributed by atoms with E-state index in [0.717, 1.165) is 12.6 Å². The summed E-state index contributed by atoms with van der Waals surface area (Å²) in [4.78, 5) is 22.7. The molecular formula is C18H18NO4+. The summed E-state index contributed by atoms with van der Waals surface area (Å²) in [5.74, 6) is -0.991. The van der Waals surface area contributed by atoms with Gasteiger partial charge in [0.25, 0.3) is 0 Å². The van der Waals surface area contributed by atoms with Gasteiger partial charge in [0, 0.05) is 23.8 Å². The van der Waals surface area contributed by atoms with Gasteiger partial charge in [0.05, 0.1) is 5.56 Å². The van der Waals surface area contributed by atoms with Crippen molar-refractivity contribution < 1.29 is 23.6 Å². The molecule has 2 aromatic rings. The fraction of sp³-hybridized carbons (Fsp3) is 0.167. The lowest BCUT2D eigenvalue weighted by molar-refractivity contribution is -0.688. The Bertz CT molecular complexity index is 665. The van der Waals surface area contributed by atoms with Crippen molar-refractivity contribution in [2.75, 3.05) is 13.2 Å². The van der Waals surface area contributed by atoms with Crippen LogP contribution in [-0.2, 0) is 20.8 Å². The van der Waals surface area contributed by atoms with Crippen molar-refractivity contribution in [1.29, 1.82) is 0 Å². The molecule has 0 saturated heterocycles. The topological polar surface area (TPSA) is 56.5 Å². The standard InChI is InChI=1S/C18H18NO4/c1-2-17(20)22-12-13-23-18(21)16-8-10-19(11-9-16)14-15-6-4-3-5-7-15/h2-11H,1,12-14H2/q+1. The van der Waals surface area contributed by atoms with Crippen molar-refractivity contribution in [3.8, 4) is 0 Å². The third-order valence-corrected chi connectivity index (χ3v) is 3.06. The van der Waals surface area contributed by atoms with E-state index in [2.05, 4.69) is 6.58 Å². The third-order valence-electron chi connectivity index (χ3n) is 3.06. The van der Waals surface area contributed by atoms with Crippen LogP contribution in [0.5, 0.6) is 0 Å². The van der Waals surface area contributed by atoms with Crippen LogP contribution in [0.3, 0.4) is 0 Å². The molecule has 0 fully saturated rings. The molecule has 118 valence electrons. The molecule has 0 spiro atoms. The van der Waals surface area contributed by atoms with Crippen LogP contribution in [0.25, 0.3) is 0 Å². The van der Waals surface area contributed by atoms with Gasteiger partial charge in [0.2, 0.25) is 0 Å². The Balaban J connectivity index is 1.83. The quantitative estimate of drug-likeness (QED) is 0.339. The monoisotopic (exact) mass is 312 g/mol. The number of carbonyl (C=O) groups excluding carboxylic acids is 2. The number of aromatic nitrogens is 1. The summed E-state index contributed by atoms with van der Waals surface area (Å²) in [5.41, 5.74) is 1.63. The molecule has 0 saturated carbocycles. The molecule has 0 radical (unpaired) electrons. The van der Waals surface area contributed by atoms with Crippen molar-refractivity contribution in [3.05, 3.63) is 78.6 Å². The molecule has 0 amide bonds. The first-order valence-electron chi connectivity index (χ1n) is 7.18. The van der Waals surface area contributed by atoms with E-state index >= 15 is 0 Å². The van der Waals surface area contributed by atoms with Crippen molar-refractivity contribution in [3.63, 3.8) is 0 Å². The number of benzene rings is 1. The largest absolute Gasteiger partial charge is 0.459 e. The van der Waals surface area contributed by atoms with Crippen molar-refractivity contribution in [2.45, 2.75) is 6.54 Å². The zero-order valence-electron chi connectivity index (χ0n) is 12.7. The predicted molar refractivity (Wildman–Crippen MR) is 83.6 cm³/mol. The highest BCUT2D eigenvalue weighted by Crippen LogP contribution is 2.01. The number of rotatable bonds is 7. The minimum Gasteiger partial charge on any atom is -0.459 e. The number of hydrogen-bond donors (Lipinski definition) is 0. The summed E-state index contributed by atoms with van der Waals surface area (Å²) in [6, 6.07) is 13.4. The second kappa shape index (κ2) is 8.48. The highest BCUT2D eigenvalue weighted by Gasteiger charge is 2.10. The van der Waals surface area contributed by atoms with Gasteiger partial charge in [-0.15, -0.1) is 0 Å². The second-order valence-electron chi connectivity index (χ2n) is 4.75. The zero-order valence-corrected chi connectivity index (χ0v) is 12.7. The molecule has 0 N–H and O–H groups in total. The summed E-state index contributed by atoms with van der Waals surface area (Å²) in [5, 5.41) is 0. The van der Waals surface area contributed by atoms with Gasteiger partial charge in [-0.1, -0.05) is 36.9 Å². The highest BCUT2D eigenvalue weighted by atomic mass is 16.6. The molecule has 0 aliphatic rings. The summed E-state index contributed by atoms with van der Waals surface area (Å²) < 4.78 is 11.7. The van der Waals surface area contributed by atoms with Gasteiger partial charge in [-0.2, -0.15) is 0 Å². The van der Waals surface area contributed by atoms with Crippen LogP contribution in [0.15, 0.2) is 67.5 Å². The Morgan fingerprint density at radius 1 is 1.00 bits per heavy atom. The molecule has 2 rings (SSSR count). The summed E-state index contributed by atoms with van der Waals surface area (Å²) in [7, 11) is 0. The molecule has 0 bridgehead atoms. The van der Waals surface area contributed by atoms with Crippen LogP contribution in [0.1, 0.15) is 15.9 Å². The molecule has 0 atom stereocenters. The molecule has 1 aromatic heterocycles. The first kappa shape index (κ1) is 16.4. The maximum absolute atomic E-state index is 11.8. The van der Waals surface area contributed by atoms with Gasteiger partial charge in [-0.25, -0.2) is 14.2 Å². The molecule has 1 heterocycles. The average Bonchev–Trinajstić information content (AvgIpc) is 2.60. The molecule has 5 nitrogen and oxygen atoms in total. The number of esters is 2. The van der Waals surface area contributed by atoms with Gasteiger partial charge in [-0.05, 0) is 0 Å². The van der Waals surface area contributed by atoms with E-state index in [9.17, 15) is 9.59 Å². The van der Waals surface area contributed by atoms with E-state index in [0.29, 0.717) is 5.56 Å². The predicted octanol–water partition coefficient (Wildman–Crippen LogP) is 1.91. The lowest BCUT2D eigenvalue weighted by atomic mass is 10.2. The van der Waals surface area contributed by atoms with Crippen LogP contribution >= 0.6 is 0 Å². The summed E-state index contributed by atoms with van der Waals surface area (Å²) >= 11 is 0. The van der Waals surface area contributed by atoms with E-state index in [1.807, 2.05) is 47.3 Å². The maximum atomic E-state index is 11.8. The number of pyridine rings is 1. The number of nitrogens with zero attached hydrogens (tertiary/aromatic N) is 1. The Hall–Kier alpha value is -2.95. The maximum Gasteiger partial charge on any atom is 0.338 e. The second-order valence-corrected chi connectivity index (χ2v) is 4.75. The van der Waals surface area contributed by atoms with Crippen molar-refractivity contribution >= 4 is 11.9 Å². The summed E-state index contributed by atoms with van der Waals surface area (Å²) in [6.45, 7) is 4.03. The van der Waals surface area contributed by atoms with Crippen LogP contribution in [0, 0.1) is 0 Å². The highest BCUT2D eigenvalue weighted by molar-refractivity contribution is 5.89. The lowest BCUT2D eigenvalue weighted by Crippen LogP contribution is -2.33. The summed E-state index contributed by atoms with van der Waals surface area (Å²) in [6.07, 6.45) is 4.70. The number of ether oxygens (including phenoxy) is 2. The minimum absolute atomic E-state index is 0.0112. The van der Waals surface area contributed by atoms with E-state index in [-0.39, 0.29) is 13.2 Å². The normalized spacial score (nSPS) is 9.91. The van der Waals surface area contributed by atoms with Crippen LogP contribution in [-0.4, -0.2) is 25.2 Å². The molecule has 0 aliphatic carbocycles. The molecule has 0 unspecified atom stereocenters. The average molecular weight is 312 g/mol. The van der Waals surface area contributed by atoms with Crippen molar-refractivity contribution in [2.24, 2.45) is 0 Å². The Morgan fingerprint density at radius 3 is 2.30 bits per heavy atom. The first-order chi connectivity index (χ1) is 11.2. The minimum atomic E-state index is -0.539. The lowest BCUT2D eigenvalue weighted by Gasteiger charge is -2.04. The smallest absolute Gasteiger partial charge is 0.338 e. The van der Waals surface area contributed by atoms with Crippen molar-refractivity contribution in [1.82, 2.24) is 0 Å². The Kier molecular flexibility index (Phi) is 6.06. The van der Waals surface area contributed by atoms with E-state index in [4.69, 9.17) is 9.47 Å². The van der Waals surface area contributed by atoms with Crippen LogP contribution in [0.2, 0.25) is 0 Å². The Labute approximate surface area is 134 Å². The SMILES string of the molecule is C=CC(=O)OCCOC(=O)c1cc[n+](Cc2ccccc2)cc1. The van der Waals surface area contributed by atoms with E-state index < -0.39 is 11.9 Å². The third kappa shape index (κ3) is 5.39. The fourth-order valence-corrected chi connectivity index (χ4v) is 1.91. The van der Waals surface area contributed by atoms with Gasteiger partial charge in [0.15, 0.2) is 18.9 Å². The molecule has 1 aromatic carbocycles. The van der Waals surface area contributed by atoms with Gasteiger partial charge in [-0.3, -0.25) is 0 Å². The van der Waals surface area contributed by atoms with Crippen LogP contribution in [0.4, 0.5) is 0 Å². The molecule has 5 heteroatoms. The van der Waals surface area contributed by atoms with Gasteiger partial charge < -0.3 is 9.47 Å². The molecule has 23 heavy (non-hydrogen) atoms. The van der Waals surface area contributed by atoms with Gasteiger partial charge in [0.1, 0.15) is 13.2 Å². The van der Waals surface area contributed by atoms with E-state index in [1.54, 1.807) is 12.1 Å². The molecule has 0 aliphatic heterocycles. The molecular weight excluding hydrogens is 294 g/mol. The number of carbonyl (C=O) groups is 2. The van der Waals surface area contributed by atoms with Gasteiger partial charge >= 0.3 is 11.9 Å². The zero-order chi connectivity index (χ0) is 16.5. The number of hydrogen-bond acceptors (Lipinski definition) is 4. The Morgan fingerprint density at radius 2 is 1.65 bits per heavy atom. The fourth-order valence-electron chi connectivity index (χ4n) is 1.91.